The molecular weight excluding hydrogens is 709 g/mol. The second-order valence-corrected chi connectivity index (χ2v) is 14.9. The van der Waals surface area contributed by atoms with E-state index in [1.807, 2.05) is 12.2 Å². The van der Waals surface area contributed by atoms with E-state index in [0.29, 0.717) is 12.8 Å². The summed E-state index contributed by atoms with van der Waals surface area (Å²) < 4.78 is 32.5. The van der Waals surface area contributed by atoms with E-state index in [9.17, 15) is 23.8 Å². The van der Waals surface area contributed by atoms with Gasteiger partial charge in [-0.3, -0.25) is 23.4 Å². The van der Waals surface area contributed by atoms with Gasteiger partial charge in [0, 0.05) is 12.8 Å². The van der Waals surface area contributed by atoms with Crippen molar-refractivity contribution in [1.29, 1.82) is 0 Å². The quantitative estimate of drug-likeness (QED) is 0.0237. The predicted molar refractivity (Wildman–Crippen MR) is 217 cm³/mol. The molecule has 0 bridgehead atoms. The lowest BCUT2D eigenvalue weighted by Gasteiger charge is -2.20. The molecule has 12 heteroatoms. The summed E-state index contributed by atoms with van der Waals surface area (Å²) in [6.45, 7) is 2.67. The van der Waals surface area contributed by atoms with Crippen LogP contribution in [0.1, 0.15) is 155 Å². The number of allylic oxidation sites excluding steroid dienone is 10. The first-order valence-corrected chi connectivity index (χ1v) is 21.8. The van der Waals surface area contributed by atoms with Crippen molar-refractivity contribution < 1.29 is 47.5 Å². The standard InChI is InChI=1S/C42H72NO10P/c1-3-5-7-9-11-13-15-16-17-18-19-20-21-22-24-25-27-29-31-33-40(44)50-35-38(36-51-54(48,49)52-37-39(43)42(46)47)53-41(45)34-32-30-28-26-23-14-12-10-8-6-4-2/h11,13,16-17,19-20,22,24,27,29,38-39H,3-10,12,14-15,18,21,23,25-26,28,30-37,43H2,1-2H3,(H,46,47)(H,48,49)/b13-11-,17-16-,20-19-,24-22-,29-27-/t38-,39+/m1/s1. The van der Waals surface area contributed by atoms with Gasteiger partial charge in [-0.25, -0.2) is 4.57 Å². The molecule has 0 saturated carbocycles. The molecule has 0 spiro atoms. The normalized spacial score (nSPS) is 14.4. The third-order valence-corrected chi connectivity index (χ3v) is 9.23. The van der Waals surface area contributed by atoms with Gasteiger partial charge in [0.15, 0.2) is 6.10 Å². The van der Waals surface area contributed by atoms with Gasteiger partial charge in [0.1, 0.15) is 12.6 Å². The smallest absolute Gasteiger partial charge is 0.472 e. The van der Waals surface area contributed by atoms with Crippen LogP contribution in [0.15, 0.2) is 60.8 Å². The van der Waals surface area contributed by atoms with Crippen molar-refractivity contribution >= 4 is 25.7 Å². The summed E-state index contributed by atoms with van der Waals surface area (Å²) in [5, 5.41) is 8.86. The van der Waals surface area contributed by atoms with Crippen LogP contribution in [0.3, 0.4) is 0 Å². The SMILES string of the molecule is CCCCC/C=C\C/C=C\C/C=C\C/C=C\C/C=C\CCC(=O)OC[C@H](COP(=O)(O)OC[C@H](N)C(=O)O)OC(=O)CCCCCCCCCCCCC. The summed E-state index contributed by atoms with van der Waals surface area (Å²) in [6.07, 6.45) is 41.6. The molecule has 0 aliphatic rings. The van der Waals surface area contributed by atoms with E-state index in [-0.39, 0.29) is 19.4 Å². The first kappa shape index (κ1) is 51.2. The number of rotatable bonds is 37. The summed E-state index contributed by atoms with van der Waals surface area (Å²) >= 11 is 0. The van der Waals surface area contributed by atoms with E-state index in [2.05, 4.69) is 67.0 Å². The monoisotopic (exact) mass is 781 g/mol. The van der Waals surface area contributed by atoms with Gasteiger partial charge in [-0.1, -0.05) is 152 Å². The Labute approximate surface area is 326 Å². The van der Waals surface area contributed by atoms with Crippen LogP contribution < -0.4 is 5.73 Å². The molecule has 0 aliphatic carbocycles. The van der Waals surface area contributed by atoms with Crippen molar-refractivity contribution in [3.63, 3.8) is 0 Å². The molecule has 0 saturated heterocycles. The van der Waals surface area contributed by atoms with Crippen molar-refractivity contribution in [1.82, 2.24) is 0 Å². The summed E-state index contributed by atoms with van der Waals surface area (Å²) in [7, 11) is -4.73. The molecule has 0 radical (unpaired) electrons. The van der Waals surface area contributed by atoms with Gasteiger partial charge in [-0.15, -0.1) is 0 Å². The Morgan fingerprint density at radius 1 is 0.574 bits per heavy atom. The fourth-order valence-electron chi connectivity index (χ4n) is 5.05. The van der Waals surface area contributed by atoms with Crippen LogP contribution in [-0.2, 0) is 37.5 Å². The van der Waals surface area contributed by atoms with Gasteiger partial charge in [-0.05, 0) is 51.4 Å². The van der Waals surface area contributed by atoms with Gasteiger partial charge < -0.3 is 25.2 Å². The Morgan fingerprint density at radius 2 is 1.02 bits per heavy atom. The minimum absolute atomic E-state index is 0.0973. The van der Waals surface area contributed by atoms with Crippen LogP contribution in [-0.4, -0.2) is 59.9 Å². The van der Waals surface area contributed by atoms with Gasteiger partial charge in [0.2, 0.25) is 0 Å². The minimum Gasteiger partial charge on any atom is -0.480 e. The molecule has 54 heavy (non-hydrogen) atoms. The highest BCUT2D eigenvalue weighted by atomic mass is 31.2. The zero-order valence-electron chi connectivity index (χ0n) is 33.3. The van der Waals surface area contributed by atoms with E-state index in [1.54, 1.807) is 0 Å². The molecule has 3 atom stereocenters. The Kier molecular flexibility index (Phi) is 35.2. The van der Waals surface area contributed by atoms with Crippen LogP contribution in [0.25, 0.3) is 0 Å². The lowest BCUT2D eigenvalue weighted by atomic mass is 10.1. The topological polar surface area (TPSA) is 172 Å². The second kappa shape index (κ2) is 37.1. The second-order valence-electron chi connectivity index (χ2n) is 13.4. The average Bonchev–Trinajstić information content (AvgIpc) is 3.14. The molecule has 0 aromatic carbocycles. The van der Waals surface area contributed by atoms with Gasteiger partial charge >= 0.3 is 25.7 Å². The summed E-state index contributed by atoms with van der Waals surface area (Å²) in [5.74, 6) is -2.49. The molecule has 0 aromatic heterocycles. The van der Waals surface area contributed by atoms with Gasteiger partial charge in [-0.2, -0.15) is 0 Å². The molecule has 1 unspecified atom stereocenters. The summed E-state index contributed by atoms with van der Waals surface area (Å²) in [4.78, 5) is 45.7. The van der Waals surface area contributed by atoms with Gasteiger partial charge in [0.05, 0.1) is 13.2 Å². The van der Waals surface area contributed by atoms with Crippen molar-refractivity contribution in [3.8, 4) is 0 Å². The number of phosphoric acid groups is 1. The van der Waals surface area contributed by atoms with E-state index >= 15 is 0 Å². The molecule has 0 aliphatic heterocycles. The summed E-state index contributed by atoms with van der Waals surface area (Å²) in [6, 6.07) is -1.53. The van der Waals surface area contributed by atoms with Crippen LogP contribution in [0.4, 0.5) is 0 Å². The number of carbonyl (C=O) groups is 3. The Morgan fingerprint density at radius 3 is 1.54 bits per heavy atom. The van der Waals surface area contributed by atoms with Gasteiger partial charge in [0.25, 0.3) is 0 Å². The lowest BCUT2D eigenvalue weighted by molar-refractivity contribution is -0.161. The number of unbranched alkanes of at least 4 members (excludes halogenated alkanes) is 13. The third-order valence-electron chi connectivity index (χ3n) is 8.28. The number of carboxylic acid groups (broad SMARTS) is 1. The van der Waals surface area contributed by atoms with Crippen LogP contribution >= 0.6 is 7.82 Å². The molecule has 0 amide bonds. The van der Waals surface area contributed by atoms with Crippen molar-refractivity contribution in [2.75, 3.05) is 19.8 Å². The first-order valence-electron chi connectivity index (χ1n) is 20.3. The Bertz CT molecular complexity index is 1150. The molecule has 0 heterocycles. The number of nitrogens with two attached hydrogens (primary N) is 1. The molecule has 0 fully saturated rings. The zero-order chi connectivity index (χ0) is 40.0. The van der Waals surface area contributed by atoms with E-state index in [1.165, 1.54) is 70.6 Å². The van der Waals surface area contributed by atoms with Crippen LogP contribution in [0.5, 0.6) is 0 Å². The number of aliphatic carboxylic acids is 1. The molecule has 310 valence electrons. The number of carboxylic acids is 1. The largest absolute Gasteiger partial charge is 0.480 e. The van der Waals surface area contributed by atoms with Crippen molar-refractivity contribution in [2.24, 2.45) is 5.73 Å². The minimum atomic E-state index is -4.73. The molecular formula is C42H72NO10P. The fraction of sp³-hybridized carbons (Fsp3) is 0.690. The Hall–Kier alpha value is -2.82. The zero-order valence-corrected chi connectivity index (χ0v) is 34.2. The van der Waals surface area contributed by atoms with E-state index in [4.69, 9.17) is 24.8 Å². The number of carbonyl (C=O) groups excluding carboxylic acids is 2. The third kappa shape index (κ3) is 36.2. The predicted octanol–water partition coefficient (Wildman–Crippen LogP) is 10.4. The average molecular weight is 782 g/mol. The van der Waals surface area contributed by atoms with Crippen LogP contribution in [0, 0.1) is 0 Å². The molecule has 4 N–H and O–H groups in total. The summed E-state index contributed by atoms with van der Waals surface area (Å²) in [5.41, 5.74) is 5.31. The maximum absolute atomic E-state index is 12.5. The van der Waals surface area contributed by atoms with Crippen LogP contribution in [0.2, 0.25) is 0 Å². The van der Waals surface area contributed by atoms with E-state index in [0.717, 1.165) is 44.9 Å². The van der Waals surface area contributed by atoms with E-state index < -0.39 is 51.1 Å². The highest BCUT2D eigenvalue weighted by Gasteiger charge is 2.28. The maximum Gasteiger partial charge on any atom is 0.472 e. The Balaban J connectivity index is 4.51. The number of ether oxygens (including phenoxy) is 2. The first-order chi connectivity index (χ1) is 26.1. The molecule has 0 rings (SSSR count). The fourth-order valence-corrected chi connectivity index (χ4v) is 5.82. The van der Waals surface area contributed by atoms with Crippen molar-refractivity contribution in [3.05, 3.63) is 60.8 Å². The number of phosphoric ester groups is 1. The van der Waals surface area contributed by atoms with Crippen molar-refractivity contribution in [2.45, 2.75) is 167 Å². The molecule has 11 nitrogen and oxygen atoms in total. The number of hydrogen-bond donors (Lipinski definition) is 3. The highest BCUT2D eigenvalue weighted by molar-refractivity contribution is 7.47. The number of esters is 2. The highest BCUT2D eigenvalue weighted by Crippen LogP contribution is 2.43. The maximum atomic E-state index is 12.5. The number of hydrogen-bond acceptors (Lipinski definition) is 9. The molecule has 0 aromatic rings. The lowest BCUT2D eigenvalue weighted by Crippen LogP contribution is -2.34.